The molecule has 2 aromatic rings. The molecule has 0 aliphatic rings. The van der Waals surface area contributed by atoms with Gasteiger partial charge in [-0.2, -0.15) is 4.31 Å². The van der Waals surface area contributed by atoms with Gasteiger partial charge >= 0.3 is 5.97 Å². The van der Waals surface area contributed by atoms with Crippen LogP contribution in [0.15, 0.2) is 53.7 Å². The summed E-state index contributed by atoms with van der Waals surface area (Å²) in [7, 11) is -2.51. The smallest absolute Gasteiger partial charge is 0.325 e. The highest BCUT2D eigenvalue weighted by molar-refractivity contribution is 7.89. The number of rotatable bonds is 9. The van der Waals surface area contributed by atoms with E-state index in [2.05, 4.69) is 4.98 Å². The molecule has 0 fully saturated rings. The number of carbonyl (C=O) groups excluding carboxylic acids is 1. The van der Waals surface area contributed by atoms with Gasteiger partial charge in [-0.3, -0.25) is 9.78 Å². The lowest BCUT2D eigenvalue weighted by Crippen LogP contribution is -2.47. The van der Waals surface area contributed by atoms with E-state index in [9.17, 15) is 13.2 Å². The minimum Gasteiger partial charge on any atom is -0.497 e. The summed E-state index contributed by atoms with van der Waals surface area (Å²) in [5.41, 5.74) is -0.0622. The number of esters is 1. The van der Waals surface area contributed by atoms with E-state index in [4.69, 9.17) is 9.47 Å². The van der Waals surface area contributed by atoms with Crippen LogP contribution in [-0.4, -0.2) is 42.4 Å². The van der Waals surface area contributed by atoms with Gasteiger partial charge in [0.25, 0.3) is 0 Å². The largest absolute Gasteiger partial charge is 0.497 e. The van der Waals surface area contributed by atoms with Crippen LogP contribution in [0.4, 0.5) is 0 Å². The zero-order chi connectivity index (χ0) is 23.2. The fraction of sp³-hybridized carbons (Fsp3) is 0.478. The number of carbonyl (C=O) groups is 1. The Morgan fingerprint density at radius 1 is 1.13 bits per heavy atom. The van der Waals surface area contributed by atoms with Crippen LogP contribution in [0.25, 0.3) is 0 Å². The van der Waals surface area contributed by atoms with Gasteiger partial charge in [0.05, 0.1) is 12.0 Å². The minimum atomic E-state index is -4.02. The third-order valence-corrected chi connectivity index (χ3v) is 6.32. The van der Waals surface area contributed by atoms with Crippen LogP contribution < -0.4 is 4.74 Å². The first-order valence-electron chi connectivity index (χ1n) is 10.2. The van der Waals surface area contributed by atoms with Gasteiger partial charge in [0, 0.05) is 18.9 Å². The van der Waals surface area contributed by atoms with Gasteiger partial charge < -0.3 is 9.47 Å². The molecule has 1 heterocycles. The second-order valence-corrected chi connectivity index (χ2v) is 10.7. The Hall–Kier alpha value is -2.45. The molecule has 1 atom stereocenters. The minimum absolute atomic E-state index is 0.00116. The van der Waals surface area contributed by atoms with Crippen molar-refractivity contribution in [3.05, 3.63) is 54.4 Å². The van der Waals surface area contributed by atoms with E-state index in [1.165, 1.54) is 23.5 Å². The molecule has 31 heavy (non-hydrogen) atoms. The predicted molar refractivity (Wildman–Crippen MR) is 119 cm³/mol. The Bertz CT molecular complexity index is 952. The number of benzene rings is 1. The van der Waals surface area contributed by atoms with Crippen molar-refractivity contribution in [2.24, 2.45) is 5.92 Å². The van der Waals surface area contributed by atoms with Crippen molar-refractivity contribution in [3.63, 3.8) is 0 Å². The van der Waals surface area contributed by atoms with E-state index in [-0.39, 0.29) is 17.4 Å². The standard InChI is InChI=1S/C23H32N2O5S/c1-17(2)14-21(22(26)30-23(3,4)5)25(16-18-8-7-13-24-15-18)31(27,28)20-11-9-19(29-6)10-12-20/h7-13,15,17,21H,14,16H2,1-6H3/t21-/m1/s1. The molecule has 170 valence electrons. The SMILES string of the molecule is COc1ccc(S(=O)(=O)N(Cc2cccnc2)[C@H](CC(C)C)C(=O)OC(C)(C)C)cc1. The van der Waals surface area contributed by atoms with Crippen molar-refractivity contribution in [3.8, 4) is 5.75 Å². The van der Waals surface area contributed by atoms with Crippen molar-refractivity contribution in [1.82, 2.24) is 9.29 Å². The van der Waals surface area contributed by atoms with Gasteiger partial charge in [0.15, 0.2) is 0 Å². The summed E-state index contributed by atoms with van der Waals surface area (Å²) in [4.78, 5) is 17.3. The normalized spacial score (nSPS) is 13.3. The van der Waals surface area contributed by atoms with Crippen molar-refractivity contribution < 1.29 is 22.7 Å². The summed E-state index contributed by atoms with van der Waals surface area (Å²) in [6, 6.07) is 8.66. The molecule has 8 heteroatoms. The lowest BCUT2D eigenvalue weighted by Gasteiger charge is -2.32. The molecule has 0 amide bonds. The third kappa shape index (κ3) is 7.04. The Labute approximate surface area is 185 Å². The van der Waals surface area contributed by atoms with Crippen LogP contribution in [0.1, 0.15) is 46.6 Å². The molecule has 0 saturated heterocycles. The fourth-order valence-electron chi connectivity index (χ4n) is 3.07. The molecule has 0 aliphatic carbocycles. The Morgan fingerprint density at radius 2 is 1.77 bits per heavy atom. The molecule has 0 aliphatic heterocycles. The van der Waals surface area contributed by atoms with E-state index in [0.29, 0.717) is 17.7 Å². The predicted octanol–water partition coefficient (Wildman–Crippen LogP) is 4.04. The number of aromatic nitrogens is 1. The summed E-state index contributed by atoms with van der Waals surface area (Å²) >= 11 is 0. The average molecular weight is 449 g/mol. The van der Waals surface area contributed by atoms with Gasteiger partial charge in [-0.25, -0.2) is 8.42 Å². The van der Waals surface area contributed by atoms with Crippen LogP contribution in [-0.2, 0) is 26.1 Å². The van der Waals surface area contributed by atoms with Crippen LogP contribution >= 0.6 is 0 Å². The zero-order valence-electron chi connectivity index (χ0n) is 19.0. The highest BCUT2D eigenvalue weighted by atomic mass is 32.2. The second-order valence-electron chi connectivity index (χ2n) is 8.77. The van der Waals surface area contributed by atoms with Gasteiger partial charge in [0.1, 0.15) is 17.4 Å². The number of ether oxygens (including phenoxy) is 2. The molecule has 2 rings (SSSR count). The third-order valence-electron chi connectivity index (χ3n) is 4.45. The summed E-state index contributed by atoms with van der Waals surface area (Å²) in [6.07, 6.45) is 3.54. The lowest BCUT2D eigenvalue weighted by atomic mass is 10.0. The second kappa shape index (κ2) is 10.2. The highest BCUT2D eigenvalue weighted by Gasteiger charge is 2.38. The number of sulfonamides is 1. The fourth-order valence-corrected chi connectivity index (χ4v) is 4.64. The molecule has 7 nitrogen and oxygen atoms in total. The number of nitrogens with zero attached hydrogens (tertiary/aromatic N) is 2. The Balaban J connectivity index is 2.55. The van der Waals surface area contributed by atoms with Crippen LogP contribution in [0, 0.1) is 5.92 Å². The Kier molecular flexibility index (Phi) is 8.20. The molecular weight excluding hydrogens is 416 g/mol. The first kappa shape index (κ1) is 24.8. The molecule has 0 N–H and O–H groups in total. The summed E-state index contributed by atoms with van der Waals surface area (Å²) < 4.78 is 39.3. The van der Waals surface area contributed by atoms with Crippen molar-refractivity contribution >= 4 is 16.0 Å². The van der Waals surface area contributed by atoms with E-state index < -0.39 is 27.6 Å². The summed E-state index contributed by atoms with van der Waals surface area (Å²) in [5.74, 6) is 0.0470. The lowest BCUT2D eigenvalue weighted by molar-refractivity contribution is -0.160. The molecule has 0 spiro atoms. The maximum atomic E-state index is 13.7. The summed E-state index contributed by atoms with van der Waals surface area (Å²) in [6.45, 7) is 9.18. The van der Waals surface area contributed by atoms with Crippen LogP contribution in [0.2, 0.25) is 0 Å². The van der Waals surface area contributed by atoms with Gasteiger partial charge in [-0.15, -0.1) is 0 Å². The molecule has 1 aromatic carbocycles. The Morgan fingerprint density at radius 3 is 2.26 bits per heavy atom. The first-order valence-corrected chi connectivity index (χ1v) is 11.7. The molecule has 0 saturated carbocycles. The van der Waals surface area contributed by atoms with Crippen LogP contribution in [0.3, 0.4) is 0 Å². The molecule has 1 aromatic heterocycles. The van der Waals surface area contributed by atoms with Crippen molar-refractivity contribution in [1.29, 1.82) is 0 Å². The van der Waals surface area contributed by atoms with E-state index in [1.807, 2.05) is 13.8 Å². The summed E-state index contributed by atoms with van der Waals surface area (Å²) in [5, 5.41) is 0. The maximum Gasteiger partial charge on any atom is 0.325 e. The monoisotopic (exact) mass is 448 g/mol. The maximum absolute atomic E-state index is 13.7. The van der Waals surface area contributed by atoms with Crippen molar-refractivity contribution in [2.45, 2.75) is 64.1 Å². The van der Waals surface area contributed by atoms with Crippen LogP contribution in [0.5, 0.6) is 5.75 Å². The number of hydrogen-bond acceptors (Lipinski definition) is 6. The van der Waals surface area contributed by atoms with E-state index in [1.54, 1.807) is 57.4 Å². The number of methoxy groups -OCH3 is 1. The van der Waals surface area contributed by atoms with E-state index in [0.717, 1.165) is 0 Å². The molecular formula is C23H32N2O5S. The number of hydrogen-bond donors (Lipinski definition) is 0. The van der Waals surface area contributed by atoms with Gasteiger partial charge in [-0.1, -0.05) is 19.9 Å². The molecule has 0 unspecified atom stereocenters. The topological polar surface area (TPSA) is 85.8 Å². The highest BCUT2D eigenvalue weighted by Crippen LogP contribution is 2.27. The molecule has 0 radical (unpaired) electrons. The van der Waals surface area contributed by atoms with Crippen molar-refractivity contribution in [2.75, 3.05) is 7.11 Å². The number of pyridine rings is 1. The van der Waals surface area contributed by atoms with Gasteiger partial charge in [-0.05, 0) is 69.0 Å². The van der Waals surface area contributed by atoms with Gasteiger partial charge in [0.2, 0.25) is 10.0 Å². The van der Waals surface area contributed by atoms with E-state index >= 15 is 0 Å². The zero-order valence-corrected chi connectivity index (χ0v) is 19.8. The first-order chi connectivity index (χ1) is 14.4. The molecule has 0 bridgehead atoms. The quantitative estimate of drug-likeness (QED) is 0.538. The average Bonchev–Trinajstić information content (AvgIpc) is 2.69.